The van der Waals surface area contributed by atoms with Crippen molar-refractivity contribution in [3.05, 3.63) is 22.4 Å². The van der Waals surface area contributed by atoms with Gasteiger partial charge in [-0.3, -0.25) is 9.59 Å². The smallest absolute Gasteiger partial charge is 0.373 e. The standard InChI is InChI=1S/C12H14O5S/c1-3-12(9(13)10(14)15,11(16)17-4-2)8-5-6-18-7-8/h5-7H,3-4H2,1-2H3,(H,14,15). The molecule has 0 aliphatic rings. The van der Waals surface area contributed by atoms with Gasteiger partial charge in [0.15, 0.2) is 5.41 Å². The van der Waals surface area contributed by atoms with E-state index in [1.807, 2.05) is 0 Å². The monoisotopic (exact) mass is 270 g/mol. The van der Waals surface area contributed by atoms with Crippen molar-refractivity contribution in [2.24, 2.45) is 0 Å². The number of carboxylic acids is 1. The van der Waals surface area contributed by atoms with Gasteiger partial charge in [0.1, 0.15) is 0 Å². The van der Waals surface area contributed by atoms with Crippen molar-refractivity contribution in [1.29, 1.82) is 0 Å². The van der Waals surface area contributed by atoms with E-state index in [1.54, 1.807) is 30.7 Å². The van der Waals surface area contributed by atoms with Crippen LogP contribution in [0.25, 0.3) is 0 Å². The Morgan fingerprint density at radius 1 is 1.39 bits per heavy atom. The zero-order valence-electron chi connectivity index (χ0n) is 10.1. The summed E-state index contributed by atoms with van der Waals surface area (Å²) in [4.78, 5) is 34.9. The molecular formula is C12H14O5S. The summed E-state index contributed by atoms with van der Waals surface area (Å²) in [7, 11) is 0. The largest absolute Gasteiger partial charge is 0.475 e. The number of carboxylic acid groups (broad SMARTS) is 1. The van der Waals surface area contributed by atoms with E-state index < -0.39 is 23.1 Å². The zero-order chi connectivity index (χ0) is 13.8. The lowest BCUT2D eigenvalue weighted by Crippen LogP contribution is -2.47. The van der Waals surface area contributed by atoms with Gasteiger partial charge in [-0.25, -0.2) is 4.79 Å². The van der Waals surface area contributed by atoms with Crippen molar-refractivity contribution in [3.63, 3.8) is 0 Å². The maximum atomic E-state index is 12.0. The molecule has 0 amide bonds. The zero-order valence-corrected chi connectivity index (χ0v) is 11.0. The maximum absolute atomic E-state index is 12.0. The first-order valence-electron chi connectivity index (χ1n) is 5.48. The second-order valence-corrected chi connectivity index (χ2v) is 4.41. The average molecular weight is 270 g/mol. The Bertz CT molecular complexity index is 451. The number of ketones is 1. The lowest BCUT2D eigenvalue weighted by Gasteiger charge is -2.26. The van der Waals surface area contributed by atoms with Gasteiger partial charge < -0.3 is 9.84 Å². The van der Waals surface area contributed by atoms with Gasteiger partial charge in [-0.15, -0.1) is 0 Å². The van der Waals surface area contributed by atoms with Gasteiger partial charge >= 0.3 is 11.9 Å². The first-order chi connectivity index (χ1) is 8.50. The van der Waals surface area contributed by atoms with E-state index in [-0.39, 0.29) is 13.0 Å². The number of hydrogen-bond acceptors (Lipinski definition) is 5. The maximum Gasteiger partial charge on any atom is 0.373 e. The van der Waals surface area contributed by atoms with E-state index in [4.69, 9.17) is 9.84 Å². The number of hydrogen-bond donors (Lipinski definition) is 1. The molecule has 1 aromatic heterocycles. The van der Waals surface area contributed by atoms with E-state index in [0.29, 0.717) is 5.56 Å². The molecule has 0 saturated heterocycles. The highest BCUT2D eigenvalue weighted by molar-refractivity contribution is 7.08. The van der Waals surface area contributed by atoms with Crippen molar-refractivity contribution >= 4 is 29.1 Å². The Hall–Kier alpha value is -1.69. The number of carbonyl (C=O) groups is 3. The highest BCUT2D eigenvalue weighted by Gasteiger charge is 2.50. The molecule has 6 heteroatoms. The van der Waals surface area contributed by atoms with Crippen LogP contribution in [0.15, 0.2) is 16.8 Å². The predicted molar refractivity (Wildman–Crippen MR) is 65.6 cm³/mol. The number of carbonyl (C=O) groups excluding carboxylic acids is 2. The third-order valence-electron chi connectivity index (χ3n) is 2.75. The molecule has 1 aromatic rings. The summed E-state index contributed by atoms with van der Waals surface area (Å²) in [6.45, 7) is 3.30. The highest BCUT2D eigenvalue weighted by Crippen LogP contribution is 2.32. The van der Waals surface area contributed by atoms with Crippen LogP contribution in [0.2, 0.25) is 0 Å². The van der Waals surface area contributed by atoms with Crippen molar-refractivity contribution in [2.75, 3.05) is 6.61 Å². The van der Waals surface area contributed by atoms with Crippen LogP contribution in [0.3, 0.4) is 0 Å². The first kappa shape index (κ1) is 14.4. The molecule has 1 N–H and O–H groups in total. The normalized spacial score (nSPS) is 13.7. The SMILES string of the molecule is CCOC(=O)C(CC)(C(=O)C(=O)O)c1ccsc1. The number of rotatable bonds is 6. The quantitative estimate of drug-likeness (QED) is 0.482. The van der Waals surface area contributed by atoms with Gasteiger partial charge in [-0.05, 0) is 35.7 Å². The lowest BCUT2D eigenvalue weighted by atomic mass is 9.75. The fourth-order valence-electron chi connectivity index (χ4n) is 1.79. The summed E-state index contributed by atoms with van der Waals surface area (Å²) >= 11 is 1.29. The van der Waals surface area contributed by atoms with Crippen LogP contribution in [0.1, 0.15) is 25.8 Å². The molecule has 18 heavy (non-hydrogen) atoms. The van der Waals surface area contributed by atoms with Crippen LogP contribution < -0.4 is 0 Å². The Morgan fingerprint density at radius 3 is 2.44 bits per heavy atom. The second kappa shape index (κ2) is 5.77. The minimum absolute atomic E-state index is 0.0493. The first-order valence-corrected chi connectivity index (χ1v) is 6.42. The highest BCUT2D eigenvalue weighted by atomic mass is 32.1. The Morgan fingerprint density at radius 2 is 2.06 bits per heavy atom. The molecule has 0 saturated carbocycles. The fraction of sp³-hybridized carbons (Fsp3) is 0.417. The van der Waals surface area contributed by atoms with Crippen LogP contribution in [-0.2, 0) is 24.5 Å². The summed E-state index contributed by atoms with van der Waals surface area (Å²) < 4.78 is 4.87. The summed E-state index contributed by atoms with van der Waals surface area (Å²) in [6.07, 6.45) is 0.0493. The lowest BCUT2D eigenvalue weighted by molar-refractivity contribution is -0.162. The van der Waals surface area contributed by atoms with Gasteiger partial charge in [-0.2, -0.15) is 11.3 Å². The number of Topliss-reactive ketones (excluding diaryl/α,β-unsaturated/α-hetero) is 1. The van der Waals surface area contributed by atoms with Gasteiger partial charge in [0, 0.05) is 0 Å². The molecule has 0 aliphatic carbocycles. The topological polar surface area (TPSA) is 80.7 Å². The molecule has 1 unspecified atom stereocenters. The van der Waals surface area contributed by atoms with Gasteiger partial charge in [-0.1, -0.05) is 6.92 Å². The molecule has 0 radical (unpaired) electrons. The number of aliphatic carboxylic acids is 1. The van der Waals surface area contributed by atoms with E-state index >= 15 is 0 Å². The molecule has 0 bridgehead atoms. The third kappa shape index (κ3) is 2.28. The molecule has 1 atom stereocenters. The Labute approximate surface area is 108 Å². The molecule has 98 valence electrons. The van der Waals surface area contributed by atoms with Crippen LogP contribution in [0.4, 0.5) is 0 Å². The van der Waals surface area contributed by atoms with E-state index in [1.165, 1.54) is 11.3 Å². The molecule has 0 spiro atoms. The molecule has 1 rings (SSSR count). The number of thiophene rings is 1. The molecule has 0 aromatic carbocycles. The molecule has 0 aliphatic heterocycles. The minimum atomic E-state index is -1.73. The number of ether oxygens (including phenoxy) is 1. The summed E-state index contributed by atoms with van der Waals surface area (Å²) in [5.41, 5.74) is -1.36. The van der Waals surface area contributed by atoms with Crippen LogP contribution in [0.5, 0.6) is 0 Å². The van der Waals surface area contributed by atoms with Crippen molar-refractivity contribution in [3.8, 4) is 0 Å². The second-order valence-electron chi connectivity index (χ2n) is 3.63. The Balaban J connectivity index is 3.35. The third-order valence-corrected chi connectivity index (χ3v) is 3.43. The average Bonchev–Trinajstić information content (AvgIpc) is 2.85. The summed E-state index contributed by atoms with van der Waals surface area (Å²) in [5, 5.41) is 12.2. The molecule has 5 nitrogen and oxygen atoms in total. The fourth-order valence-corrected chi connectivity index (χ4v) is 2.52. The predicted octanol–water partition coefficient (Wildman–Crippen LogP) is 1.61. The van der Waals surface area contributed by atoms with E-state index in [9.17, 15) is 14.4 Å². The van der Waals surface area contributed by atoms with Gasteiger partial charge in [0.2, 0.25) is 0 Å². The van der Waals surface area contributed by atoms with E-state index in [0.717, 1.165) is 0 Å². The van der Waals surface area contributed by atoms with Gasteiger partial charge in [0.05, 0.1) is 6.61 Å². The van der Waals surface area contributed by atoms with Crippen LogP contribution in [-0.4, -0.2) is 29.4 Å². The van der Waals surface area contributed by atoms with E-state index in [2.05, 4.69) is 0 Å². The van der Waals surface area contributed by atoms with Crippen LogP contribution >= 0.6 is 11.3 Å². The summed E-state index contributed by atoms with van der Waals surface area (Å²) in [5.74, 6) is -3.59. The number of esters is 1. The van der Waals surface area contributed by atoms with Gasteiger partial charge in [0.25, 0.3) is 5.78 Å². The summed E-state index contributed by atoms with van der Waals surface area (Å²) in [6, 6.07) is 1.58. The van der Waals surface area contributed by atoms with Crippen molar-refractivity contribution in [1.82, 2.24) is 0 Å². The Kier molecular flexibility index (Phi) is 4.61. The molecular weight excluding hydrogens is 256 g/mol. The van der Waals surface area contributed by atoms with Crippen LogP contribution in [0, 0.1) is 0 Å². The van der Waals surface area contributed by atoms with Crippen molar-refractivity contribution < 1.29 is 24.2 Å². The molecule has 0 fully saturated rings. The minimum Gasteiger partial charge on any atom is -0.475 e. The molecule has 1 heterocycles. The van der Waals surface area contributed by atoms with Crippen molar-refractivity contribution in [2.45, 2.75) is 25.7 Å².